The van der Waals surface area contributed by atoms with E-state index in [-0.39, 0.29) is 5.41 Å². The summed E-state index contributed by atoms with van der Waals surface area (Å²) >= 11 is 0. The van der Waals surface area contributed by atoms with E-state index in [0.29, 0.717) is 11.8 Å². The summed E-state index contributed by atoms with van der Waals surface area (Å²) in [6.07, 6.45) is 16.9. The van der Waals surface area contributed by atoms with Crippen molar-refractivity contribution >= 4 is 43.6 Å². The topological polar surface area (TPSA) is 9.86 Å². The van der Waals surface area contributed by atoms with E-state index in [1.165, 1.54) is 99.5 Å². The smallest absolute Gasteiger partial charge is 0.0541 e. The van der Waals surface area contributed by atoms with Crippen LogP contribution in [0.4, 0.5) is 0 Å². The summed E-state index contributed by atoms with van der Waals surface area (Å²) < 4.78 is 4.82. The summed E-state index contributed by atoms with van der Waals surface area (Å²) in [4.78, 5) is 0. The van der Waals surface area contributed by atoms with Crippen LogP contribution in [0.2, 0.25) is 0 Å². The molecule has 2 unspecified atom stereocenters. The summed E-state index contributed by atoms with van der Waals surface area (Å²) in [5.74, 6) is 0.631. The molecule has 336 valence electrons. The van der Waals surface area contributed by atoms with E-state index in [1.54, 1.807) is 0 Å². The third-order valence-electron chi connectivity index (χ3n) is 14.5. The summed E-state index contributed by atoms with van der Waals surface area (Å²) in [6.45, 7) is 20.0. The van der Waals surface area contributed by atoms with Crippen LogP contribution in [-0.2, 0) is 31.1 Å². The first kappa shape index (κ1) is 44.4. The molecule has 0 spiro atoms. The molecule has 68 heavy (non-hydrogen) atoms. The Morgan fingerprint density at radius 1 is 0.603 bits per heavy atom. The van der Waals surface area contributed by atoms with Gasteiger partial charge in [0.05, 0.1) is 22.1 Å². The van der Waals surface area contributed by atoms with Gasteiger partial charge in [0, 0.05) is 38.3 Å². The van der Waals surface area contributed by atoms with Gasteiger partial charge in [-0.25, -0.2) is 0 Å². The first-order valence-corrected chi connectivity index (χ1v) is 24.4. The van der Waals surface area contributed by atoms with E-state index < -0.39 is 0 Å². The highest BCUT2D eigenvalue weighted by molar-refractivity contribution is 6.10. The second-order valence-electron chi connectivity index (χ2n) is 19.7. The van der Waals surface area contributed by atoms with Gasteiger partial charge in [-0.2, -0.15) is 0 Å². The van der Waals surface area contributed by atoms with Gasteiger partial charge in [0.2, 0.25) is 0 Å². The molecule has 2 aromatic heterocycles. The summed E-state index contributed by atoms with van der Waals surface area (Å²) in [5, 5.41) is 5.14. The molecule has 2 nitrogen and oxygen atoms in total. The van der Waals surface area contributed by atoms with E-state index in [9.17, 15) is 0 Å². The minimum absolute atomic E-state index is 0.235. The quantitative estimate of drug-likeness (QED) is 0.0963. The molecule has 0 fully saturated rings. The standard InChI is InChI=1S/C66H62N2/c1-8-18-45(3)36-50-39-51(37-46(4)19-9-2)43-54(42-50)66(6,7)61-44-52(38-48-28-32-55(33-29-48)67-62-24-14-10-20-57(62)58-21-11-15-25-63(58)67)41-53(47(61)5)40-49-30-34-56(35-31-49)68-64-26-16-12-22-59(64)60-23-13-17-27-65(60)68/h8-35,39,41-44,47,53H,1,4,36-38,40H2,2-3,5-7H3/b19-9-,45-18+. The molecule has 7 aromatic carbocycles. The van der Waals surface area contributed by atoms with Gasteiger partial charge in [-0.1, -0.05) is 202 Å². The fraction of sp³-hybridized carbons (Fsp3) is 0.182. The van der Waals surface area contributed by atoms with Crippen molar-refractivity contribution in [2.75, 3.05) is 0 Å². The minimum atomic E-state index is -0.235. The zero-order valence-electron chi connectivity index (χ0n) is 40.3. The molecule has 0 bridgehead atoms. The molecule has 9 aromatic rings. The predicted octanol–water partition coefficient (Wildman–Crippen LogP) is 17.1. The lowest BCUT2D eigenvalue weighted by molar-refractivity contribution is 0.413. The lowest BCUT2D eigenvalue weighted by Crippen LogP contribution is -2.31. The average molecular weight is 883 g/mol. The third-order valence-corrected chi connectivity index (χ3v) is 14.5. The van der Waals surface area contributed by atoms with Crippen molar-refractivity contribution in [1.82, 2.24) is 9.13 Å². The number of hydrogen-bond acceptors (Lipinski definition) is 0. The Balaban J connectivity index is 1.02. The van der Waals surface area contributed by atoms with Crippen molar-refractivity contribution in [2.45, 2.75) is 65.7 Å². The predicted molar refractivity (Wildman–Crippen MR) is 293 cm³/mol. The van der Waals surface area contributed by atoms with E-state index in [2.05, 4.69) is 251 Å². The normalized spacial score (nSPS) is 15.7. The molecule has 2 heteroatoms. The van der Waals surface area contributed by atoms with Crippen LogP contribution in [0.3, 0.4) is 0 Å². The van der Waals surface area contributed by atoms with Crippen molar-refractivity contribution < 1.29 is 0 Å². The van der Waals surface area contributed by atoms with Gasteiger partial charge in [-0.15, -0.1) is 0 Å². The van der Waals surface area contributed by atoms with Crippen molar-refractivity contribution in [3.63, 3.8) is 0 Å². The number of para-hydroxylation sites is 4. The van der Waals surface area contributed by atoms with Crippen LogP contribution >= 0.6 is 0 Å². The first-order chi connectivity index (χ1) is 33.1. The fourth-order valence-corrected chi connectivity index (χ4v) is 11.2. The van der Waals surface area contributed by atoms with Gasteiger partial charge in [0.1, 0.15) is 0 Å². The summed E-state index contributed by atoms with van der Waals surface area (Å²) in [5.41, 5.74) is 19.0. The first-order valence-electron chi connectivity index (χ1n) is 24.4. The van der Waals surface area contributed by atoms with Crippen molar-refractivity contribution in [3.8, 4) is 11.4 Å². The Bertz CT molecular complexity index is 3380. The van der Waals surface area contributed by atoms with Crippen LogP contribution < -0.4 is 0 Å². The third kappa shape index (κ3) is 8.57. The van der Waals surface area contributed by atoms with Crippen LogP contribution in [0.5, 0.6) is 0 Å². The van der Waals surface area contributed by atoms with E-state index in [0.717, 1.165) is 31.3 Å². The van der Waals surface area contributed by atoms with Gasteiger partial charge in [0.25, 0.3) is 0 Å². The van der Waals surface area contributed by atoms with Gasteiger partial charge >= 0.3 is 0 Å². The molecule has 1 aliphatic rings. The highest BCUT2D eigenvalue weighted by Gasteiger charge is 2.35. The Hall–Kier alpha value is -7.42. The van der Waals surface area contributed by atoms with Crippen LogP contribution in [0.25, 0.3) is 55.0 Å². The van der Waals surface area contributed by atoms with Crippen LogP contribution in [0.1, 0.15) is 62.4 Å². The van der Waals surface area contributed by atoms with Gasteiger partial charge in [0.15, 0.2) is 0 Å². The lowest BCUT2D eigenvalue weighted by atomic mass is 9.65. The maximum Gasteiger partial charge on any atom is 0.0541 e. The molecular weight excluding hydrogens is 821 g/mol. The second kappa shape index (κ2) is 18.7. The minimum Gasteiger partial charge on any atom is -0.309 e. The molecule has 0 amide bonds. The Labute approximate surface area is 403 Å². The number of fused-ring (bicyclic) bond motifs is 6. The molecule has 0 aliphatic heterocycles. The summed E-state index contributed by atoms with van der Waals surface area (Å²) in [6, 6.07) is 61.0. The Morgan fingerprint density at radius 2 is 1.07 bits per heavy atom. The molecule has 1 aliphatic carbocycles. The van der Waals surface area contributed by atoms with Crippen LogP contribution in [0, 0.1) is 11.8 Å². The van der Waals surface area contributed by atoms with E-state index in [4.69, 9.17) is 0 Å². The number of allylic oxidation sites excluding steroid dienone is 10. The average Bonchev–Trinajstić information content (AvgIpc) is 3.86. The molecule has 10 rings (SSSR count). The van der Waals surface area contributed by atoms with Crippen molar-refractivity contribution in [1.29, 1.82) is 0 Å². The zero-order valence-corrected chi connectivity index (χ0v) is 40.3. The van der Waals surface area contributed by atoms with E-state index >= 15 is 0 Å². The largest absolute Gasteiger partial charge is 0.309 e. The van der Waals surface area contributed by atoms with Gasteiger partial charge in [-0.05, 0) is 133 Å². The number of rotatable bonds is 14. The highest BCUT2D eigenvalue weighted by atomic mass is 15.0. The fourth-order valence-electron chi connectivity index (χ4n) is 11.2. The molecule has 2 atom stereocenters. The van der Waals surface area contributed by atoms with E-state index in [1.807, 2.05) is 6.08 Å². The second-order valence-corrected chi connectivity index (χ2v) is 19.7. The monoisotopic (exact) mass is 882 g/mol. The molecule has 2 heterocycles. The molecule has 0 saturated heterocycles. The zero-order chi connectivity index (χ0) is 46.9. The van der Waals surface area contributed by atoms with Crippen molar-refractivity contribution in [2.24, 2.45) is 11.8 Å². The molecular formula is C66H62N2. The molecule has 0 radical (unpaired) electrons. The molecule has 0 saturated carbocycles. The van der Waals surface area contributed by atoms with Crippen LogP contribution in [0.15, 0.2) is 236 Å². The lowest BCUT2D eigenvalue weighted by Gasteiger charge is -2.39. The van der Waals surface area contributed by atoms with Crippen LogP contribution in [-0.4, -0.2) is 9.13 Å². The van der Waals surface area contributed by atoms with Gasteiger partial charge in [-0.3, -0.25) is 0 Å². The molecule has 0 N–H and O–H groups in total. The maximum absolute atomic E-state index is 4.41. The number of aromatic nitrogens is 2. The van der Waals surface area contributed by atoms with Gasteiger partial charge < -0.3 is 9.13 Å². The van der Waals surface area contributed by atoms with Crippen molar-refractivity contribution in [3.05, 3.63) is 264 Å². The summed E-state index contributed by atoms with van der Waals surface area (Å²) in [7, 11) is 0. The maximum atomic E-state index is 4.41. The number of benzene rings is 7. The highest BCUT2D eigenvalue weighted by Crippen LogP contribution is 2.45. The number of nitrogens with zero attached hydrogens (tertiary/aromatic N) is 2. The SMILES string of the molecule is C=C/C=C(\C)Cc1cc(CC(=C)/C=C\C)cc(C(C)(C)C2=CC(Cc3ccc(-n4c5ccccc5c5ccccc54)cc3)=CC(Cc3ccc(-n4c5ccccc5c5ccccc54)cc3)C2C)c1. The number of hydrogen-bond donors (Lipinski definition) is 0. The Morgan fingerprint density at radius 3 is 1.56 bits per heavy atom. The Kier molecular flexibility index (Phi) is 12.2.